The average Bonchev–Trinajstić information content (AvgIpc) is 2.60. The summed E-state index contributed by atoms with van der Waals surface area (Å²) >= 11 is 3.37. The number of nitrogens with zero attached hydrogens (tertiary/aromatic N) is 1. The molecule has 2 amide bonds. The normalized spacial score (nSPS) is 10.6. The molecule has 136 valence electrons. The molecule has 0 aliphatic carbocycles. The number of carbonyl (C=O) groups is 2. The van der Waals surface area contributed by atoms with E-state index in [0.29, 0.717) is 23.6 Å². The van der Waals surface area contributed by atoms with Gasteiger partial charge in [-0.05, 0) is 50.1 Å². The van der Waals surface area contributed by atoms with Gasteiger partial charge in [0.15, 0.2) is 0 Å². The molecule has 7 heteroatoms. The fourth-order valence-electron chi connectivity index (χ4n) is 2.30. The topological polar surface area (TPSA) is 79.8 Å². The highest BCUT2D eigenvalue weighted by molar-refractivity contribution is 9.10. The Morgan fingerprint density at radius 2 is 1.85 bits per heavy atom. The molecule has 0 aromatic heterocycles. The maximum atomic E-state index is 12.1. The van der Waals surface area contributed by atoms with Gasteiger partial charge >= 0.3 is 11.8 Å². The van der Waals surface area contributed by atoms with Crippen LogP contribution in [0.25, 0.3) is 0 Å². The molecule has 2 rings (SSSR count). The third kappa shape index (κ3) is 5.16. The van der Waals surface area contributed by atoms with Crippen molar-refractivity contribution >= 4 is 39.6 Å². The first-order valence-corrected chi connectivity index (χ1v) is 8.84. The van der Waals surface area contributed by atoms with Crippen LogP contribution in [-0.4, -0.2) is 24.6 Å². The van der Waals surface area contributed by atoms with E-state index in [0.717, 1.165) is 15.6 Å². The number of hydrogen-bond donors (Lipinski definition) is 2. The molecular formula is C19H20BrN3O3. The zero-order valence-electron chi connectivity index (χ0n) is 14.8. The number of aryl methyl sites for hydroxylation is 2. The predicted molar refractivity (Wildman–Crippen MR) is 106 cm³/mol. The molecule has 0 atom stereocenters. The van der Waals surface area contributed by atoms with E-state index in [4.69, 9.17) is 4.74 Å². The summed E-state index contributed by atoms with van der Waals surface area (Å²) in [4.78, 5) is 24.0. The summed E-state index contributed by atoms with van der Waals surface area (Å²) in [5.74, 6) is -0.996. The summed E-state index contributed by atoms with van der Waals surface area (Å²) in [6.07, 6.45) is 1.43. The van der Waals surface area contributed by atoms with Gasteiger partial charge in [-0.1, -0.05) is 34.1 Å². The van der Waals surface area contributed by atoms with E-state index in [2.05, 4.69) is 31.8 Å². The number of nitrogens with one attached hydrogen (secondary N) is 2. The minimum absolute atomic E-state index is 0.507. The standard InChI is InChI=1S/C19H20BrN3O3/c1-4-26-16-9-8-15(20)10-14(16)11-21-23-19(25)18(24)22-17-12(2)6-5-7-13(17)3/h5-11H,4H2,1-3H3,(H,22,24)(H,23,25)/b21-11-. The Morgan fingerprint density at radius 3 is 2.50 bits per heavy atom. The second kappa shape index (κ2) is 9.15. The van der Waals surface area contributed by atoms with Crippen LogP contribution in [0, 0.1) is 13.8 Å². The summed E-state index contributed by atoms with van der Waals surface area (Å²) in [5, 5.41) is 6.46. The highest BCUT2D eigenvalue weighted by atomic mass is 79.9. The van der Waals surface area contributed by atoms with Crippen molar-refractivity contribution in [3.05, 3.63) is 57.6 Å². The lowest BCUT2D eigenvalue weighted by Gasteiger charge is -2.10. The third-order valence-corrected chi connectivity index (χ3v) is 4.06. The van der Waals surface area contributed by atoms with E-state index < -0.39 is 11.8 Å². The van der Waals surface area contributed by atoms with Gasteiger partial charge in [-0.15, -0.1) is 0 Å². The summed E-state index contributed by atoms with van der Waals surface area (Å²) in [6, 6.07) is 11.1. The van der Waals surface area contributed by atoms with Crippen molar-refractivity contribution in [2.75, 3.05) is 11.9 Å². The van der Waals surface area contributed by atoms with E-state index in [-0.39, 0.29) is 0 Å². The van der Waals surface area contributed by atoms with Crippen molar-refractivity contribution in [2.45, 2.75) is 20.8 Å². The molecule has 0 radical (unpaired) electrons. The van der Waals surface area contributed by atoms with Crippen LogP contribution in [-0.2, 0) is 9.59 Å². The van der Waals surface area contributed by atoms with Crippen LogP contribution >= 0.6 is 15.9 Å². The Morgan fingerprint density at radius 1 is 1.15 bits per heavy atom. The van der Waals surface area contributed by atoms with Crippen LogP contribution in [0.3, 0.4) is 0 Å². The molecule has 0 fully saturated rings. The highest BCUT2D eigenvalue weighted by Gasteiger charge is 2.15. The maximum Gasteiger partial charge on any atom is 0.329 e. The SMILES string of the molecule is CCOc1ccc(Br)cc1/C=N\NC(=O)C(=O)Nc1c(C)cccc1C. The molecule has 0 saturated carbocycles. The monoisotopic (exact) mass is 417 g/mol. The van der Waals surface area contributed by atoms with Gasteiger partial charge in [0.05, 0.1) is 12.8 Å². The van der Waals surface area contributed by atoms with Crippen molar-refractivity contribution in [2.24, 2.45) is 5.10 Å². The van der Waals surface area contributed by atoms with E-state index in [1.807, 2.05) is 45.0 Å². The van der Waals surface area contributed by atoms with E-state index in [1.165, 1.54) is 6.21 Å². The van der Waals surface area contributed by atoms with Crippen LogP contribution in [0.4, 0.5) is 5.69 Å². The first kappa shape index (κ1) is 19.7. The van der Waals surface area contributed by atoms with Crippen LogP contribution in [0.1, 0.15) is 23.6 Å². The van der Waals surface area contributed by atoms with E-state index in [9.17, 15) is 9.59 Å². The van der Waals surface area contributed by atoms with Crippen molar-refractivity contribution in [1.29, 1.82) is 0 Å². The number of para-hydroxylation sites is 1. The summed E-state index contributed by atoms with van der Waals surface area (Å²) < 4.78 is 6.35. The number of benzene rings is 2. The second-order valence-electron chi connectivity index (χ2n) is 5.54. The van der Waals surface area contributed by atoms with Gasteiger partial charge in [0.1, 0.15) is 5.75 Å². The molecule has 2 aromatic carbocycles. The largest absolute Gasteiger partial charge is 0.493 e. The van der Waals surface area contributed by atoms with Gasteiger partial charge in [0, 0.05) is 15.7 Å². The molecule has 2 aromatic rings. The van der Waals surface area contributed by atoms with Crippen molar-refractivity contribution in [3.63, 3.8) is 0 Å². The van der Waals surface area contributed by atoms with Gasteiger partial charge in [-0.25, -0.2) is 5.43 Å². The summed E-state index contributed by atoms with van der Waals surface area (Å²) in [6.45, 7) is 6.11. The first-order chi connectivity index (χ1) is 12.4. The minimum atomic E-state index is -0.850. The lowest BCUT2D eigenvalue weighted by molar-refractivity contribution is -0.136. The van der Waals surface area contributed by atoms with Crippen molar-refractivity contribution < 1.29 is 14.3 Å². The fraction of sp³-hybridized carbons (Fsp3) is 0.211. The number of rotatable bonds is 5. The molecule has 0 unspecified atom stereocenters. The lowest BCUT2D eigenvalue weighted by atomic mass is 10.1. The van der Waals surface area contributed by atoms with Gasteiger partial charge in [-0.3, -0.25) is 9.59 Å². The second-order valence-corrected chi connectivity index (χ2v) is 6.45. The van der Waals surface area contributed by atoms with E-state index in [1.54, 1.807) is 12.1 Å². The molecule has 6 nitrogen and oxygen atoms in total. The van der Waals surface area contributed by atoms with Gasteiger partial charge < -0.3 is 10.1 Å². The number of halogens is 1. The molecule has 26 heavy (non-hydrogen) atoms. The van der Waals surface area contributed by atoms with Crippen LogP contribution in [0.2, 0.25) is 0 Å². The summed E-state index contributed by atoms with van der Waals surface area (Å²) in [7, 11) is 0. The lowest BCUT2D eigenvalue weighted by Crippen LogP contribution is -2.32. The van der Waals surface area contributed by atoms with E-state index >= 15 is 0 Å². The van der Waals surface area contributed by atoms with Crippen molar-refractivity contribution in [3.8, 4) is 5.75 Å². The van der Waals surface area contributed by atoms with Gasteiger partial charge in [-0.2, -0.15) is 5.10 Å². The first-order valence-electron chi connectivity index (χ1n) is 8.05. The Labute approximate surface area is 160 Å². The Kier molecular flexibility index (Phi) is 6.91. The number of hydrogen-bond acceptors (Lipinski definition) is 4. The number of anilines is 1. The van der Waals surface area contributed by atoms with Crippen molar-refractivity contribution in [1.82, 2.24) is 5.43 Å². The molecule has 0 saturated heterocycles. The molecule has 0 heterocycles. The molecule has 2 N–H and O–H groups in total. The third-order valence-electron chi connectivity index (χ3n) is 3.57. The zero-order chi connectivity index (χ0) is 19.1. The summed E-state index contributed by atoms with van der Waals surface area (Å²) in [5.41, 5.74) is 5.29. The minimum Gasteiger partial charge on any atom is -0.493 e. The molecular weight excluding hydrogens is 398 g/mol. The predicted octanol–water partition coefficient (Wildman–Crippen LogP) is 3.55. The van der Waals surface area contributed by atoms with Gasteiger partial charge in [0.25, 0.3) is 0 Å². The number of hydrazone groups is 1. The van der Waals surface area contributed by atoms with Crippen LogP contribution in [0.15, 0.2) is 46.0 Å². The number of amides is 2. The Hall–Kier alpha value is -2.67. The van der Waals surface area contributed by atoms with Gasteiger partial charge in [0.2, 0.25) is 0 Å². The highest BCUT2D eigenvalue weighted by Crippen LogP contribution is 2.22. The number of carbonyl (C=O) groups excluding carboxylic acids is 2. The zero-order valence-corrected chi connectivity index (χ0v) is 16.4. The number of ether oxygens (including phenoxy) is 1. The maximum absolute atomic E-state index is 12.1. The molecule has 0 aliphatic heterocycles. The Bertz CT molecular complexity index is 830. The van der Waals surface area contributed by atoms with Crippen LogP contribution < -0.4 is 15.5 Å². The quantitative estimate of drug-likeness (QED) is 0.443. The van der Waals surface area contributed by atoms with Crippen LogP contribution in [0.5, 0.6) is 5.75 Å². The fourth-order valence-corrected chi connectivity index (χ4v) is 2.68. The smallest absolute Gasteiger partial charge is 0.329 e. The molecule has 0 aliphatic rings. The average molecular weight is 418 g/mol. The molecule has 0 spiro atoms. The molecule has 0 bridgehead atoms. The Balaban J connectivity index is 2.03.